The third-order valence-corrected chi connectivity index (χ3v) is 2.44. The molecule has 0 bridgehead atoms. The fraction of sp³-hybridized carbons (Fsp3) is 1.00. The van der Waals surface area contributed by atoms with Gasteiger partial charge in [0, 0.05) is 5.54 Å². The van der Waals surface area contributed by atoms with E-state index in [-0.39, 0.29) is 6.10 Å². The molecule has 0 fully saturated rings. The number of rotatable bonds is 7. The number of aliphatic hydroxyl groups excluding tert-OH is 1. The first-order valence-electron chi connectivity index (χ1n) is 5.45. The molecule has 0 aromatic rings. The second kappa shape index (κ2) is 6.39. The molecule has 0 spiro atoms. The number of nitrogens with two attached hydrogens (primary N) is 1. The molecule has 0 rings (SSSR count). The molecule has 3 N–H and O–H groups in total. The van der Waals surface area contributed by atoms with Crippen LogP contribution in [0.5, 0.6) is 0 Å². The Hall–Kier alpha value is -0.0800. The van der Waals surface area contributed by atoms with Crippen LogP contribution in [0.15, 0.2) is 0 Å². The van der Waals surface area contributed by atoms with Crippen molar-refractivity contribution in [2.75, 3.05) is 0 Å². The van der Waals surface area contributed by atoms with Crippen molar-refractivity contribution in [3.05, 3.63) is 0 Å². The summed E-state index contributed by atoms with van der Waals surface area (Å²) in [6, 6.07) is 0. The van der Waals surface area contributed by atoms with Crippen molar-refractivity contribution in [3.63, 3.8) is 0 Å². The molecule has 1 atom stereocenters. The first-order valence-corrected chi connectivity index (χ1v) is 5.45. The van der Waals surface area contributed by atoms with Gasteiger partial charge in [0.2, 0.25) is 0 Å². The van der Waals surface area contributed by atoms with Gasteiger partial charge in [-0.1, -0.05) is 39.0 Å². The molecule has 0 aliphatic rings. The standard InChI is InChI=1S/C11H25NO/c1-4-5-6-7-8-9-10(13)11(2,3)12/h10,13H,4-9,12H2,1-3H3. The van der Waals surface area contributed by atoms with Crippen LogP contribution in [0.3, 0.4) is 0 Å². The minimum Gasteiger partial charge on any atom is -0.391 e. The molecule has 0 heterocycles. The molecule has 0 amide bonds. The van der Waals surface area contributed by atoms with Crippen LogP contribution in [0.2, 0.25) is 0 Å². The van der Waals surface area contributed by atoms with Gasteiger partial charge in [0.1, 0.15) is 0 Å². The highest BCUT2D eigenvalue weighted by Crippen LogP contribution is 2.13. The maximum atomic E-state index is 9.62. The van der Waals surface area contributed by atoms with Crippen LogP contribution in [0, 0.1) is 0 Å². The van der Waals surface area contributed by atoms with Gasteiger partial charge in [0.15, 0.2) is 0 Å². The maximum absolute atomic E-state index is 9.62. The van der Waals surface area contributed by atoms with E-state index < -0.39 is 5.54 Å². The summed E-state index contributed by atoms with van der Waals surface area (Å²) in [6.07, 6.45) is 6.67. The van der Waals surface area contributed by atoms with Gasteiger partial charge < -0.3 is 10.8 Å². The van der Waals surface area contributed by atoms with E-state index in [1.807, 2.05) is 13.8 Å². The molecule has 0 saturated heterocycles. The van der Waals surface area contributed by atoms with Crippen LogP contribution in [0.25, 0.3) is 0 Å². The van der Waals surface area contributed by atoms with Crippen molar-refractivity contribution in [1.29, 1.82) is 0 Å². The van der Waals surface area contributed by atoms with Crippen LogP contribution in [-0.4, -0.2) is 16.7 Å². The third-order valence-electron chi connectivity index (χ3n) is 2.44. The molecule has 2 nitrogen and oxygen atoms in total. The van der Waals surface area contributed by atoms with E-state index in [0.717, 1.165) is 12.8 Å². The molecule has 0 saturated carbocycles. The van der Waals surface area contributed by atoms with Crippen molar-refractivity contribution < 1.29 is 5.11 Å². The van der Waals surface area contributed by atoms with E-state index >= 15 is 0 Å². The van der Waals surface area contributed by atoms with Gasteiger partial charge in [0.05, 0.1) is 6.10 Å². The summed E-state index contributed by atoms with van der Waals surface area (Å²) >= 11 is 0. The zero-order chi connectivity index (χ0) is 10.3. The van der Waals surface area contributed by atoms with Crippen molar-refractivity contribution in [1.82, 2.24) is 0 Å². The Morgan fingerprint density at radius 1 is 1.15 bits per heavy atom. The summed E-state index contributed by atoms with van der Waals surface area (Å²) in [4.78, 5) is 0. The predicted molar refractivity (Wildman–Crippen MR) is 57.6 cm³/mol. The highest BCUT2D eigenvalue weighted by atomic mass is 16.3. The van der Waals surface area contributed by atoms with Gasteiger partial charge >= 0.3 is 0 Å². The zero-order valence-corrected chi connectivity index (χ0v) is 9.34. The van der Waals surface area contributed by atoms with Gasteiger partial charge in [-0.25, -0.2) is 0 Å². The third kappa shape index (κ3) is 7.03. The summed E-state index contributed by atoms with van der Waals surface area (Å²) < 4.78 is 0. The lowest BCUT2D eigenvalue weighted by atomic mass is 9.94. The molecule has 80 valence electrons. The molecule has 0 aromatic heterocycles. The second-order valence-electron chi connectivity index (χ2n) is 4.54. The van der Waals surface area contributed by atoms with Gasteiger partial charge in [-0.3, -0.25) is 0 Å². The monoisotopic (exact) mass is 187 g/mol. The molecule has 0 aromatic carbocycles. The number of hydrogen-bond donors (Lipinski definition) is 2. The topological polar surface area (TPSA) is 46.2 Å². The zero-order valence-electron chi connectivity index (χ0n) is 9.34. The Morgan fingerprint density at radius 2 is 1.69 bits per heavy atom. The summed E-state index contributed by atoms with van der Waals surface area (Å²) in [6.45, 7) is 5.96. The molecular weight excluding hydrogens is 162 g/mol. The van der Waals surface area contributed by atoms with Gasteiger partial charge in [-0.05, 0) is 20.3 Å². The molecule has 0 aliphatic carbocycles. The van der Waals surface area contributed by atoms with Crippen molar-refractivity contribution in [3.8, 4) is 0 Å². The molecule has 0 aliphatic heterocycles. The average Bonchev–Trinajstić information content (AvgIpc) is 2.02. The van der Waals surface area contributed by atoms with Crippen molar-refractivity contribution in [2.45, 2.75) is 70.9 Å². The highest BCUT2D eigenvalue weighted by molar-refractivity contribution is 4.81. The fourth-order valence-electron chi connectivity index (χ4n) is 1.31. The van der Waals surface area contributed by atoms with Gasteiger partial charge in [0.25, 0.3) is 0 Å². The van der Waals surface area contributed by atoms with Gasteiger partial charge in [-0.2, -0.15) is 0 Å². The van der Waals surface area contributed by atoms with E-state index in [2.05, 4.69) is 6.92 Å². The highest BCUT2D eigenvalue weighted by Gasteiger charge is 2.21. The maximum Gasteiger partial charge on any atom is 0.0714 e. The number of aliphatic hydroxyl groups is 1. The van der Waals surface area contributed by atoms with E-state index in [1.165, 1.54) is 25.7 Å². The number of unbranched alkanes of at least 4 members (excludes halogenated alkanes) is 4. The second-order valence-corrected chi connectivity index (χ2v) is 4.54. The summed E-state index contributed by atoms with van der Waals surface area (Å²) in [5, 5.41) is 9.62. The van der Waals surface area contributed by atoms with Crippen LogP contribution in [0.4, 0.5) is 0 Å². The Balaban J connectivity index is 3.32. The fourth-order valence-corrected chi connectivity index (χ4v) is 1.31. The predicted octanol–water partition coefficient (Wildman–Crippen LogP) is 2.45. The number of hydrogen-bond acceptors (Lipinski definition) is 2. The van der Waals surface area contributed by atoms with Crippen molar-refractivity contribution in [2.24, 2.45) is 5.73 Å². The minimum atomic E-state index is -0.440. The van der Waals surface area contributed by atoms with E-state index in [9.17, 15) is 5.11 Å². The SMILES string of the molecule is CCCCCCCC(O)C(C)(C)N. The van der Waals surface area contributed by atoms with Crippen LogP contribution in [0.1, 0.15) is 59.3 Å². The Labute approximate surface area is 82.5 Å². The first kappa shape index (κ1) is 12.9. The van der Waals surface area contributed by atoms with E-state index in [0.29, 0.717) is 0 Å². The van der Waals surface area contributed by atoms with E-state index in [1.54, 1.807) is 0 Å². The summed E-state index contributed by atoms with van der Waals surface area (Å²) in [5.74, 6) is 0. The average molecular weight is 187 g/mol. The van der Waals surface area contributed by atoms with Crippen LogP contribution >= 0.6 is 0 Å². The lowest BCUT2D eigenvalue weighted by Crippen LogP contribution is -2.44. The summed E-state index contributed by atoms with van der Waals surface area (Å²) in [7, 11) is 0. The Bertz CT molecular complexity index is 118. The van der Waals surface area contributed by atoms with Crippen LogP contribution in [-0.2, 0) is 0 Å². The Morgan fingerprint density at radius 3 is 2.15 bits per heavy atom. The Kier molecular flexibility index (Phi) is 6.35. The minimum absolute atomic E-state index is 0.353. The molecular formula is C11H25NO. The normalized spacial score (nSPS) is 14.5. The van der Waals surface area contributed by atoms with Crippen molar-refractivity contribution >= 4 is 0 Å². The lowest BCUT2D eigenvalue weighted by Gasteiger charge is -2.25. The smallest absolute Gasteiger partial charge is 0.0714 e. The van der Waals surface area contributed by atoms with Gasteiger partial charge in [-0.15, -0.1) is 0 Å². The largest absolute Gasteiger partial charge is 0.391 e. The van der Waals surface area contributed by atoms with E-state index in [4.69, 9.17) is 5.73 Å². The quantitative estimate of drug-likeness (QED) is 0.601. The first-order chi connectivity index (χ1) is 5.98. The molecule has 1 unspecified atom stereocenters. The molecule has 0 radical (unpaired) electrons. The summed E-state index contributed by atoms with van der Waals surface area (Å²) in [5.41, 5.74) is 5.33. The van der Waals surface area contributed by atoms with Crippen LogP contribution < -0.4 is 5.73 Å². The lowest BCUT2D eigenvalue weighted by molar-refractivity contribution is 0.0925. The molecule has 13 heavy (non-hydrogen) atoms. The molecule has 2 heteroatoms.